The molecule has 4 aliphatic rings. The Labute approximate surface area is 177 Å². The monoisotopic (exact) mass is 422 g/mol. The van der Waals surface area contributed by atoms with Crippen LogP contribution in [0.2, 0.25) is 0 Å². The number of halogens is 1. The van der Waals surface area contributed by atoms with Crippen LogP contribution in [0, 0.1) is 5.82 Å². The van der Waals surface area contributed by atoms with Crippen molar-refractivity contribution < 1.29 is 14.3 Å². The highest BCUT2D eigenvalue weighted by atomic mass is 19.1. The van der Waals surface area contributed by atoms with Crippen LogP contribution in [0.4, 0.5) is 9.18 Å². The van der Waals surface area contributed by atoms with Crippen molar-refractivity contribution in [3.8, 4) is 11.3 Å². The molecule has 3 aliphatic heterocycles. The van der Waals surface area contributed by atoms with Gasteiger partial charge >= 0.3 is 6.09 Å². The van der Waals surface area contributed by atoms with E-state index < -0.39 is 6.09 Å². The minimum absolute atomic E-state index is 0.107. The van der Waals surface area contributed by atoms with Crippen molar-refractivity contribution in [2.75, 3.05) is 13.1 Å². The fourth-order valence-corrected chi connectivity index (χ4v) is 4.59. The zero-order valence-corrected chi connectivity index (χ0v) is 17.0. The topological polar surface area (TPSA) is 80.4 Å². The first-order valence-electron chi connectivity index (χ1n) is 10.6. The van der Waals surface area contributed by atoms with Gasteiger partial charge in [0.25, 0.3) is 5.56 Å². The van der Waals surface area contributed by atoms with Crippen LogP contribution >= 0.6 is 0 Å². The van der Waals surface area contributed by atoms with Gasteiger partial charge in [-0.1, -0.05) is 24.3 Å². The summed E-state index contributed by atoms with van der Waals surface area (Å²) >= 11 is 0. The lowest BCUT2D eigenvalue weighted by Crippen LogP contribution is -2.39. The van der Waals surface area contributed by atoms with E-state index >= 15 is 0 Å². The molecule has 0 spiro atoms. The van der Waals surface area contributed by atoms with Gasteiger partial charge in [0.05, 0.1) is 11.6 Å². The minimum atomic E-state index is -0.924. The first-order valence-corrected chi connectivity index (χ1v) is 10.6. The summed E-state index contributed by atoms with van der Waals surface area (Å²) in [5.74, 6) is -0.275. The summed E-state index contributed by atoms with van der Waals surface area (Å²) in [5, 5.41) is 15.9. The van der Waals surface area contributed by atoms with Crippen LogP contribution in [-0.4, -0.2) is 43.5 Å². The number of nitrogens with zero attached hydrogens (tertiary/aromatic N) is 4. The number of likely N-dealkylation sites (tertiary alicyclic amines) is 1. The molecule has 0 aromatic heterocycles. The number of rotatable bonds is 3. The molecule has 3 heterocycles. The lowest BCUT2D eigenvalue weighted by atomic mass is 10.1. The smallest absolute Gasteiger partial charge is 0.407 e. The molecule has 1 saturated heterocycles. The molecule has 1 N–H and O–H groups in total. The van der Waals surface area contributed by atoms with Crippen molar-refractivity contribution in [3.05, 3.63) is 62.8 Å². The quantitative estimate of drug-likeness (QED) is 0.700. The number of benzene rings is 1. The second-order valence-electron chi connectivity index (χ2n) is 8.18. The molecule has 7 nitrogen and oxygen atoms in total. The van der Waals surface area contributed by atoms with Crippen molar-refractivity contribution in [2.24, 2.45) is 0 Å². The van der Waals surface area contributed by atoms with Crippen LogP contribution in [0.3, 0.4) is 0 Å². The van der Waals surface area contributed by atoms with Crippen molar-refractivity contribution in [3.63, 3.8) is 0 Å². The minimum Gasteiger partial charge on any atom is -0.465 e. The van der Waals surface area contributed by atoms with Gasteiger partial charge in [0, 0.05) is 36.4 Å². The molecular weight excluding hydrogens is 399 g/mol. The summed E-state index contributed by atoms with van der Waals surface area (Å²) in [6.45, 7) is 1.33. The first-order chi connectivity index (χ1) is 15.0. The Morgan fingerprint density at radius 2 is 1.84 bits per heavy atom. The highest BCUT2D eigenvalue weighted by molar-refractivity contribution is 5.65. The summed E-state index contributed by atoms with van der Waals surface area (Å²) in [4.78, 5) is 25.8. The number of aromatic nitrogens is 3. The summed E-state index contributed by atoms with van der Waals surface area (Å²) in [6, 6.07) is 6.28. The Kier molecular flexibility index (Phi) is 4.84. The van der Waals surface area contributed by atoms with Crippen LogP contribution in [0.1, 0.15) is 37.3 Å². The number of amides is 1. The highest BCUT2D eigenvalue weighted by Gasteiger charge is 2.28. The molecule has 1 fully saturated rings. The molecule has 0 radical (unpaired) electrons. The van der Waals surface area contributed by atoms with Crippen LogP contribution in [0.5, 0.6) is 0 Å². The Hall–Kier alpha value is -3.42. The molecule has 0 atom stereocenters. The number of fused-ring (bicyclic) bond motifs is 3. The molecule has 0 unspecified atom stereocenters. The molecule has 5 rings (SSSR count). The van der Waals surface area contributed by atoms with Gasteiger partial charge in [0.1, 0.15) is 11.5 Å². The highest BCUT2D eigenvalue weighted by Crippen LogP contribution is 2.23. The Morgan fingerprint density at radius 1 is 1.13 bits per heavy atom. The molecule has 0 saturated carbocycles. The van der Waals surface area contributed by atoms with Gasteiger partial charge in [0.2, 0.25) is 0 Å². The predicted octanol–water partition coefficient (Wildman–Crippen LogP) is 2.01. The number of pyridine rings is 1. The van der Waals surface area contributed by atoms with Gasteiger partial charge in [-0.25, -0.2) is 13.9 Å². The number of piperidine rings is 1. The van der Waals surface area contributed by atoms with Crippen molar-refractivity contribution in [2.45, 2.75) is 38.3 Å². The third-order valence-corrected chi connectivity index (χ3v) is 6.23. The maximum Gasteiger partial charge on any atom is 0.407 e. The maximum absolute atomic E-state index is 13.3. The van der Waals surface area contributed by atoms with Crippen molar-refractivity contribution >= 4 is 18.2 Å². The normalized spacial score (nSPS) is 16.6. The van der Waals surface area contributed by atoms with Crippen LogP contribution < -0.4 is 16.1 Å². The Balaban J connectivity index is 1.58. The number of carboxylic acid groups (broad SMARTS) is 1. The predicted molar refractivity (Wildman–Crippen MR) is 114 cm³/mol. The average Bonchev–Trinajstić information content (AvgIpc) is 3.12. The van der Waals surface area contributed by atoms with Gasteiger partial charge in [-0.05, 0) is 43.4 Å². The summed E-state index contributed by atoms with van der Waals surface area (Å²) in [6.07, 6.45) is 8.17. The Morgan fingerprint density at radius 3 is 2.55 bits per heavy atom. The van der Waals surface area contributed by atoms with Crippen LogP contribution in [-0.2, 0) is 6.54 Å². The van der Waals surface area contributed by atoms with Crippen LogP contribution in [0.25, 0.3) is 23.4 Å². The maximum atomic E-state index is 13.3. The molecule has 1 aromatic rings. The van der Waals surface area contributed by atoms with E-state index in [-0.39, 0.29) is 17.4 Å². The average molecular weight is 422 g/mol. The fraction of sp³-hybridized carbons (Fsp3) is 0.348. The number of carbonyl (C=O) groups is 1. The zero-order chi connectivity index (χ0) is 21.5. The largest absolute Gasteiger partial charge is 0.465 e. The first kappa shape index (κ1) is 19.5. The molecule has 1 amide bonds. The Bertz CT molecular complexity index is 1280. The number of hydrogen-bond donors (Lipinski definition) is 1. The molecule has 1 aliphatic carbocycles. The second kappa shape index (κ2) is 7.68. The lowest BCUT2D eigenvalue weighted by molar-refractivity contribution is 0.123. The fourth-order valence-electron chi connectivity index (χ4n) is 4.59. The standard InChI is InChI=1S/C23H23FN4O3/c24-16-7-5-15(6-8-16)13-27-14-19-21(18-3-1-2-4-20(18)27)25-28(22(19)29)17-9-11-26(12-10-17)23(30)31/h3-8,14,17H,1-2,9-13H2,(H,30,31). The van der Waals surface area contributed by atoms with Gasteiger partial charge in [-0.15, -0.1) is 0 Å². The summed E-state index contributed by atoms with van der Waals surface area (Å²) in [7, 11) is 0. The van der Waals surface area contributed by atoms with Crippen molar-refractivity contribution in [1.29, 1.82) is 0 Å². The van der Waals surface area contributed by atoms with E-state index in [0.29, 0.717) is 43.7 Å². The summed E-state index contributed by atoms with van der Waals surface area (Å²) < 4.78 is 16.9. The van der Waals surface area contributed by atoms with Gasteiger partial charge in [0.15, 0.2) is 0 Å². The van der Waals surface area contributed by atoms with E-state index in [9.17, 15) is 19.1 Å². The lowest BCUT2D eigenvalue weighted by Gasteiger charge is -2.29. The van der Waals surface area contributed by atoms with Crippen molar-refractivity contribution in [1.82, 2.24) is 19.2 Å². The second-order valence-corrected chi connectivity index (χ2v) is 8.18. The van der Waals surface area contributed by atoms with E-state index in [0.717, 1.165) is 29.0 Å². The van der Waals surface area contributed by atoms with E-state index in [2.05, 4.69) is 12.2 Å². The van der Waals surface area contributed by atoms with Gasteiger partial charge in [-0.2, -0.15) is 5.10 Å². The van der Waals surface area contributed by atoms with E-state index in [1.807, 2.05) is 10.8 Å². The zero-order valence-electron chi connectivity index (χ0n) is 17.0. The van der Waals surface area contributed by atoms with Gasteiger partial charge < -0.3 is 14.6 Å². The van der Waals surface area contributed by atoms with E-state index in [1.165, 1.54) is 17.0 Å². The molecular formula is C23H23FN4O3. The summed E-state index contributed by atoms with van der Waals surface area (Å²) in [5.41, 5.74) is 2.08. The van der Waals surface area contributed by atoms with Gasteiger partial charge in [-0.3, -0.25) is 4.79 Å². The molecule has 8 heteroatoms. The molecule has 31 heavy (non-hydrogen) atoms. The molecule has 0 bridgehead atoms. The number of hydrogen-bond acceptors (Lipinski definition) is 3. The molecule has 1 aromatic carbocycles. The van der Waals surface area contributed by atoms with E-state index in [1.54, 1.807) is 16.8 Å². The van der Waals surface area contributed by atoms with Crippen LogP contribution in [0.15, 0.2) is 35.3 Å². The van der Waals surface area contributed by atoms with E-state index in [4.69, 9.17) is 5.10 Å². The third-order valence-electron chi connectivity index (χ3n) is 6.23. The molecule has 160 valence electrons. The SMILES string of the molecule is O=C(O)N1CCC(n2nc3c4c(n(Cc5ccc(F)cc5)cc-3c2=O)=CCCC=4)CC1. The third kappa shape index (κ3) is 3.52.